The number of fused-ring (bicyclic) bond motifs is 5. The molecule has 5 atom stereocenters. The molecule has 1 aromatic heterocycles. The van der Waals surface area contributed by atoms with Gasteiger partial charge in [-0.15, -0.1) is 0 Å². The smallest absolute Gasteiger partial charge is 0.428 e. The van der Waals surface area contributed by atoms with Crippen molar-refractivity contribution < 1.29 is 50.2 Å². The molecule has 3 saturated carbocycles. The van der Waals surface area contributed by atoms with Crippen LogP contribution < -0.4 is 20.1 Å². The van der Waals surface area contributed by atoms with Crippen LogP contribution in [-0.2, 0) is 35.6 Å². The highest BCUT2D eigenvalue weighted by Gasteiger charge is 2.64. The van der Waals surface area contributed by atoms with Gasteiger partial charge in [0.2, 0.25) is 27.4 Å². The predicted molar refractivity (Wildman–Crippen MR) is 205 cm³/mol. The number of rotatable bonds is 5. The van der Waals surface area contributed by atoms with Crippen molar-refractivity contribution in [3.63, 3.8) is 0 Å². The number of sulfonamides is 1. The lowest BCUT2D eigenvalue weighted by Gasteiger charge is -2.37. The molecule has 3 N–H and O–H groups in total. The summed E-state index contributed by atoms with van der Waals surface area (Å²) in [6.07, 6.45) is 1.39. The van der Waals surface area contributed by atoms with Gasteiger partial charge in [0.05, 0.1) is 22.5 Å². The Bertz CT molecular complexity index is 2170. The third kappa shape index (κ3) is 7.18. The number of para-hydroxylation sites is 1. The number of allylic oxidation sites excluding steroid dienone is 1. The lowest BCUT2D eigenvalue weighted by Crippen LogP contribution is -2.59. The molecule has 0 bridgehead atoms. The van der Waals surface area contributed by atoms with Crippen LogP contribution in [0.1, 0.15) is 108 Å². The van der Waals surface area contributed by atoms with Gasteiger partial charge >= 0.3 is 12.3 Å². The van der Waals surface area contributed by atoms with Crippen molar-refractivity contribution in [3.8, 4) is 5.75 Å². The Balaban J connectivity index is 1.12. The Labute approximate surface area is 335 Å². The summed E-state index contributed by atoms with van der Waals surface area (Å²) in [5.74, 6) is -2.25. The van der Waals surface area contributed by atoms with Gasteiger partial charge in [0.25, 0.3) is 5.91 Å². The summed E-state index contributed by atoms with van der Waals surface area (Å²) in [5.41, 5.74) is -3.02. The highest BCUT2D eigenvalue weighted by molar-refractivity contribution is 7.91. The molecule has 8 rings (SSSR count). The van der Waals surface area contributed by atoms with Gasteiger partial charge in [-0.3, -0.25) is 19.1 Å². The van der Waals surface area contributed by atoms with Crippen LogP contribution in [0.15, 0.2) is 36.4 Å². The zero-order chi connectivity index (χ0) is 41.3. The fourth-order valence-corrected chi connectivity index (χ4v) is 10.7. The summed E-state index contributed by atoms with van der Waals surface area (Å²) in [5, 5.41) is 6.23. The number of aromatic nitrogens is 1. The summed E-state index contributed by atoms with van der Waals surface area (Å²) >= 11 is 0. The number of nitrogens with zero attached hydrogens (tertiary/aromatic N) is 2. The van der Waals surface area contributed by atoms with E-state index in [2.05, 4.69) is 15.4 Å². The third-order valence-electron chi connectivity index (χ3n) is 13.4. The van der Waals surface area contributed by atoms with Crippen molar-refractivity contribution in [2.24, 2.45) is 5.92 Å². The first kappa shape index (κ1) is 40.4. The number of nitrogens with one attached hydrogen (secondary N) is 3. The fourth-order valence-electron chi connectivity index (χ4n) is 9.38. The molecule has 17 heteroatoms. The zero-order valence-electron chi connectivity index (χ0n) is 32.7. The second-order valence-electron chi connectivity index (χ2n) is 17.5. The lowest BCUT2D eigenvalue weighted by atomic mass is 9.87. The summed E-state index contributed by atoms with van der Waals surface area (Å²) in [4.78, 5) is 62.8. The van der Waals surface area contributed by atoms with E-state index < -0.39 is 79.5 Å². The van der Waals surface area contributed by atoms with E-state index in [0.29, 0.717) is 62.8 Å². The van der Waals surface area contributed by atoms with Crippen LogP contribution in [0.4, 0.5) is 18.0 Å². The summed E-state index contributed by atoms with van der Waals surface area (Å²) < 4.78 is 82.2. The van der Waals surface area contributed by atoms with E-state index in [1.54, 1.807) is 6.92 Å². The van der Waals surface area contributed by atoms with Crippen molar-refractivity contribution in [1.29, 1.82) is 0 Å². The Hall–Kier alpha value is -4.41. The van der Waals surface area contributed by atoms with Gasteiger partial charge in [-0.05, 0) is 97.0 Å². The highest BCUT2D eigenvalue weighted by atomic mass is 32.2. The minimum atomic E-state index is -4.81. The van der Waals surface area contributed by atoms with Crippen LogP contribution in [0, 0.1) is 12.8 Å². The Kier molecular flexibility index (Phi) is 10.0. The number of alkyl carbamates (subject to hydrolysis) is 1. The van der Waals surface area contributed by atoms with Gasteiger partial charge in [-0.2, -0.15) is 13.2 Å². The molecule has 3 aliphatic carbocycles. The Morgan fingerprint density at radius 2 is 1.76 bits per heavy atom. The monoisotopic (exact) mass is 829 g/mol. The number of alkyl halides is 3. The van der Waals surface area contributed by atoms with Gasteiger partial charge in [0.15, 0.2) is 0 Å². The molecule has 4 fully saturated rings. The number of hydrogen-bond donors (Lipinski definition) is 3. The second kappa shape index (κ2) is 14.4. The third-order valence-corrected chi connectivity index (χ3v) is 15.5. The first-order valence-corrected chi connectivity index (χ1v) is 21.9. The van der Waals surface area contributed by atoms with Crippen LogP contribution in [0.5, 0.6) is 5.75 Å². The number of carbonyl (C=O) groups excluding carboxylic acids is 4. The molecule has 4 heterocycles. The van der Waals surface area contributed by atoms with Crippen molar-refractivity contribution in [2.75, 3.05) is 6.54 Å². The normalized spacial score (nSPS) is 31.1. The number of halogens is 3. The fraction of sp³-hybridized carbons (Fsp3) is 0.634. The number of hydrogen-bond acceptors (Lipinski definition) is 9. The van der Waals surface area contributed by atoms with Gasteiger partial charge < -0.3 is 25.0 Å². The predicted octanol–water partition coefficient (Wildman–Crippen LogP) is 5.57. The highest BCUT2D eigenvalue weighted by Crippen LogP contribution is 2.50. The number of carbonyl (C=O) groups is 4. The van der Waals surface area contributed by atoms with Crippen molar-refractivity contribution >= 4 is 44.7 Å². The second-order valence-corrected chi connectivity index (χ2v) is 19.7. The SMILES string of the molecule is Cc1nc2ccccc2c2c1O[C@]1(CC2)C[C@H]2C(=O)N[C@]3(C(=O)NS(=O)(=O)C4(C)CC4)C[C@H]3/C=C\CCCCC[C@H](NC(=O)OC3(C(F)(F)F)CCCC3)C(=O)N2C1. The van der Waals surface area contributed by atoms with Crippen molar-refractivity contribution in [3.05, 3.63) is 47.7 Å². The van der Waals surface area contributed by atoms with E-state index in [0.717, 1.165) is 16.5 Å². The molecule has 0 radical (unpaired) electrons. The molecular weight excluding hydrogens is 780 g/mol. The van der Waals surface area contributed by atoms with Crippen LogP contribution in [0.3, 0.4) is 0 Å². The quantitative estimate of drug-likeness (QED) is 0.326. The van der Waals surface area contributed by atoms with Gasteiger partial charge in [0, 0.05) is 23.3 Å². The largest absolute Gasteiger partial charge is 0.483 e. The lowest BCUT2D eigenvalue weighted by molar-refractivity contribution is -0.255. The van der Waals surface area contributed by atoms with Gasteiger partial charge in [0.1, 0.15) is 29.0 Å². The zero-order valence-corrected chi connectivity index (χ0v) is 33.5. The van der Waals surface area contributed by atoms with E-state index in [1.165, 1.54) is 4.90 Å². The van der Waals surface area contributed by atoms with Crippen LogP contribution in [0.25, 0.3) is 10.9 Å². The number of benzene rings is 1. The number of ether oxygens (including phenoxy) is 2. The van der Waals surface area contributed by atoms with Crippen molar-refractivity contribution in [1.82, 2.24) is 25.2 Å². The molecule has 58 heavy (non-hydrogen) atoms. The van der Waals surface area contributed by atoms with Gasteiger partial charge in [-0.25, -0.2) is 18.2 Å². The van der Waals surface area contributed by atoms with E-state index in [1.807, 2.05) is 43.3 Å². The molecule has 0 unspecified atom stereocenters. The van der Waals surface area contributed by atoms with E-state index in [9.17, 15) is 40.8 Å². The van der Waals surface area contributed by atoms with E-state index in [-0.39, 0.29) is 51.5 Å². The minimum absolute atomic E-state index is 0.0147. The molecule has 1 saturated heterocycles. The van der Waals surface area contributed by atoms with E-state index >= 15 is 0 Å². The maximum absolute atomic E-state index is 14.8. The first-order chi connectivity index (χ1) is 27.4. The standard InChI is InChI=1S/C41H50F3N5O8S/c1-25-32-28(27-13-8-9-14-29(27)45-25)16-19-38(56-32)23-31-33(50)47-40(35(52)48-58(54,55)37(2)20-21-37)22-26(40)12-6-4-3-5-7-15-30(34(51)49(31)24-38)46-36(53)57-39(41(42,43)44)17-10-11-18-39/h6,8-9,12-14,26,30-31H,3-5,7,10-11,15-24H2,1-2H3,(H,46,53)(H,47,50)(H,48,52)/b12-6-/t26-,30+,31+,38-,40-/m1/s1. The Morgan fingerprint density at radius 1 is 1.02 bits per heavy atom. The van der Waals surface area contributed by atoms with Crippen LogP contribution in [0.2, 0.25) is 0 Å². The molecule has 3 aliphatic heterocycles. The molecule has 1 spiro atoms. The summed E-state index contributed by atoms with van der Waals surface area (Å²) in [6, 6.07) is 5.07. The van der Waals surface area contributed by atoms with Gasteiger partial charge in [-0.1, -0.05) is 43.2 Å². The average Bonchev–Trinajstić information content (AvgIpc) is 3.97. The molecule has 4 amide bonds. The summed E-state index contributed by atoms with van der Waals surface area (Å²) in [6.45, 7) is 3.27. The summed E-state index contributed by atoms with van der Waals surface area (Å²) in [7, 11) is -4.06. The van der Waals surface area contributed by atoms with Crippen LogP contribution in [-0.4, -0.2) is 88.4 Å². The maximum atomic E-state index is 14.8. The molecule has 314 valence electrons. The Morgan fingerprint density at radius 3 is 2.48 bits per heavy atom. The molecular formula is C41H50F3N5O8S. The number of aryl methyl sites for hydroxylation is 2. The maximum Gasteiger partial charge on any atom is 0.428 e. The molecule has 13 nitrogen and oxygen atoms in total. The topological polar surface area (TPSA) is 173 Å². The van der Waals surface area contributed by atoms with E-state index in [4.69, 9.17) is 14.5 Å². The number of amides is 4. The van der Waals surface area contributed by atoms with Crippen LogP contribution >= 0.6 is 0 Å². The van der Waals surface area contributed by atoms with Crippen molar-refractivity contribution in [2.45, 2.75) is 150 Å². The first-order valence-electron chi connectivity index (χ1n) is 20.4. The molecule has 6 aliphatic rings. The average molecular weight is 830 g/mol. The number of pyridine rings is 1. The molecule has 2 aromatic rings. The minimum Gasteiger partial charge on any atom is -0.483 e. The molecule has 1 aromatic carbocycles.